The zero-order valence-electron chi connectivity index (χ0n) is 15.6. The molecule has 0 N–H and O–H groups in total. The fraction of sp³-hybridized carbons (Fsp3) is 0. The topological polar surface area (TPSA) is 9.23 Å². The lowest BCUT2D eigenvalue weighted by molar-refractivity contribution is 0.479. The largest absolute Gasteiger partial charge is 0.454 e. The highest BCUT2D eigenvalue weighted by atomic mass is 79.9. The predicted molar refractivity (Wildman–Crippen MR) is 150 cm³/mol. The van der Waals surface area contributed by atoms with Gasteiger partial charge in [0, 0.05) is 29.0 Å². The molecule has 0 amide bonds. The van der Waals surface area contributed by atoms with Crippen LogP contribution in [0.3, 0.4) is 0 Å². The maximum absolute atomic E-state index is 6.67. The summed E-state index contributed by atoms with van der Waals surface area (Å²) in [4.78, 5) is 0. The molecule has 156 valence electrons. The monoisotopic (exact) mass is 790 g/mol. The Kier molecular flexibility index (Phi) is 7.82. The molecule has 4 rings (SSSR count). The first kappa shape index (κ1) is 23.7. The van der Waals surface area contributed by atoms with E-state index in [9.17, 15) is 0 Å². The molecule has 0 bridgehead atoms. The lowest BCUT2D eigenvalue weighted by Crippen LogP contribution is -1.95. The molecule has 7 heteroatoms. The lowest BCUT2D eigenvalue weighted by Gasteiger charge is -2.19. The van der Waals surface area contributed by atoms with E-state index in [0.717, 1.165) is 60.6 Å². The Bertz CT molecular complexity index is 1190. The van der Waals surface area contributed by atoms with Gasteiger partial charge in [-0.05, 0) is 123 Å². The van der Waals surface area contributed by atoms with Gasteiger partial charge in [0.25, 0.3) is 0 Å². The summed E-state index contributed by atoms with van der Waals surface area (Å²) in [7, 11) is 0. The van der Waals surface area contributed by atoms with Crippen molar-refractivity contribution in [2.75, 3.05) is 0 Å². The maximum Gasteiger partial charge on any atom is 0.150 e. The number of rotatable bonds is 4. The summed E-state index contributed by atoms with van der Waals surface area (Å²) in [6, 6.07) is 24.5. The second kappa shape index (κ2) is 10.2. The van der Waals surface area contributed by atoms with Gasteiger partial charge in [0.15, 0.2) is 11.5 Å². The van der Waals surface area contributed by atoms with E-state index in [1.54, 1.807) is 0 Å². The molecule has 0 unspecified atom stereocenters. The Labute approximate surface area is 231 Å². The van der Waals surface area contributed by atoms with Crippen molar-refractivity contribution in [3.05, 3.63) is 99.6 Å². The lowest BCUT2D eigenvalue weighted by atomic mass is 10.0. The molecule has 0 spiro atoms. The molecule has 0 aliphatic rings. The fourth-order valence-corrected chi connectivity index (χ4v) is 5.41. The molecule has 4 aromatic carbocycles. The van der Waals surface area contributed by atoms with E-state index in [1.807, 2.05) is 36.4 Å². The Morgan fingerprint density at radius 1 is 0.484 bits per heavy atom. The Hall–Kier alpha value is -0.440. The van der Waals surface area contributed by atoms with Crippen molar-refractivity contribution >= 4 is 95.6 Å². The average molecular weight is 796 g/mol. The van der Waals surface area contributed by atoms with Crippen LogP contribution in [0.15, 0.2) is 99.6 Å². The van der Waals surface area contributed by atoms with E-state index in [4.69, 9.17) is 4.74 Å². The van der Waals surface area contributed by atoms with Crippen LogP contribution in [0, 0.1) is 0 Å². The van der Waals surface area contributed by atoms with Crippen molar-refractivity contribution in [3.63, 3.8) is 0 Å². The zero-order valence-corrected chi connectivity index (χ0v) is 25.1. The van der Waals surface area contributed by atoms with Gasteiger partial charge in [0.2, 0.25) is 0 Å². The number of hydrogen-bond acceptors (Lipinski definition) is 1. The summed E-state index contributed by atoms with van der Waals surface area (Å²) in [5.74, 6) is 1.45. The van der Waals surface area contributed by atoms with Gasteiger partial charge in [-0.2, -0.15) is 0 Å². The number of benzene rings is 4. The van der Waals surface area contributed by atoms with Gasteiger partial charge >= 0.3 is 0 Å². The third-order valence-electron chi connectivity index (χ3n) is 4.58. The van der Waals surface area contributed by atoms with Crippen LogP contribution >= 0.6 is 95.6 Å². The number of halogens is 6. The normalized spacial score (nSPS) is 10.9. The van der Waals surface area contributed by atoms with Gasteiger partial charge in [-0.25, -0.2) is 0 Å². The standard InChI is InChI=1S/C24H12Br6O/c25-15-5-1-3-13(11-15)17-7-9-19(27)21(29)23(17)31-24-18(8-10-20(28)22(24)30)14-4-2-6-16(26)12-14/h1-12H. The second-order valence-corrected chi connectivity index (χ2v) is 11.7. The predicted octanol–water partition coefficient (Wildman–Crippen LogP) is 11.4. The maximum atomic E-state index is 6.67. The summed E-state index contributed by atoms with van der Waals surface area (Å²) in [6.45, 7) is 0. The molecular weight excluding hydrogens is 784 g/mol. The van der Waals surface area contributed by atoms with Crippen molar-refractivity contribution in [2.24, 2.45) is 0 Å². The van der Waals surface area contributed by atoms with Gasteiger partial charge in [0.1, 0.15) is 0 Å². The average Bonchev–Trinajstić information content (AvgIpc) is 2.74. The first-order valence-corrected chi connectivity index (χ1v) is 13.8. The highest BCUT2D eigenvalue weighted by Crippen LogP contribution is 2.48. The highest BCUT2D eigenvalue weighted by molar-refractivity contribution is 9.13. The Morgan fingerprint density at radius 2 is 0.903 bits per heavy atom. The molecule has 0 aliphatic heterocycles. The molecule has 4 aromatic rings. The smallest absolute Gasteiger partial charge is 0.150 e. The molecule has 0 fully saturated rings. The summed E-state index contributed by atoms with van der Waals surface area (Å²) >= 11 is 21.8. The minimum absolute atomic E-state index is 0.725. The van der Waals surface area contributed by atoms with E-state index < -0.39 is 0 Å². The van der Waals surface area contributed by atoms with Crippen LogP contribution in [0.4, 0.5) is 0 Å². The van der Waals surface area contributed by atoms with Crippen LogP contribution in [0.25, 0.3) is 22.3 Å². The summed E-state index contributed by atoms with van der Waals surface area (Å²) in [6.07, 6.45) is 0. The van der Waals surface area contributed by atoms with Gasteiger partial charge in [-0.3, -0.25) is 0 Å². The van der Waals surface area contributed by atoms with Crippen molar-refractivity contribution in [2.45, 2.75) is 0 Å². The number of ether oxygens (including phenoxy) is 1. The molecule has 1 nitrogen and oxygen atoms in total. The van der Waals surface area contributed by atoms with E-state index in [1.165, 1.54) is 0 Å². The van der Waals surface area contributed by atoms with Crippen molar-refractivity contribution in [1.82, 2.24) is 0 Å². The van der Waals surface area contributed by atoms with Crippen LogP contribution in [0.5, 0.6) is 11.5 Å². The van der Waals surface area contributed by atoms with E-state index in [0.29, 0.717) is 0 Å². The fourth-order valence-electron chi connectivity index (χ4n) is 3.13. The van der Waals surface area contributed by atoms with Crippen molar-refractivity contribution in [1.29, 1.82) is 0 Å². The van der Waals surface area contributed by atoms with Gasteiger partial charge in [0.05, 0.1) is 8.95 Å². The van der Waals surface area contributed by atoms with Gasteiger partial charge in [-0.1, -0.05) is 56.1 Å². The first-order valence-electron chi connectivity index (χ1n) is 9.01. The molecular formula is C24H12Br6O. The Balaban J connectivity index is 1.93. The highest BCUT2D eigenvalue weighted by Gasteiger charge is 2.20. The van der Waals surface area contributed by atoms with Crippen molar-refractivity contribution < 1.29 is 4.74 Å². The third-order valence-corrected chi connectivity index (χ3v) is 9.52. The minimum atomic E-state index is 0.725. The first-order chi connectivity index (χ1) is 14.8. The molecule has 0 aliphatic carbocycles. The summed E-state index contributed by atoms with van der Waals surface area (Å²) in [5, 5.41) is 0. The zero-order chi connectivity index (χ0) is 22.1. The van der Waals surface area contributed by atoms with Crippen LogP contribution < -0.4 is 4.74 Å². The van der Waals surface area contributed by atoms with E-state index in [-0.39, 0.29) is 0 Å². The molecule has 31 heavy (non-hydrogen) atoms. The van der Waals surface area contributed by atoms with Crippen LogP contribution in [0.2, 0.25) is 0 Å². The number of hydrogen-bond donors (Lipinski definition) is 0. The van der Waals surface area contributed by atoms with E-state index >= 15 is 0 Å². The van der Waals surface area contributed by atoms with Crippen molar-refractivity contribution in [3.8, 4) is 33.8 Å². The molecule has 0 aromatic heterocycles. The third kappa shape index (κ3) is 5.22. The summed E-state index contributed by atoms with van der Waals surface area (Å²) < 4.78 is 12.2. The summed E-state index contributed by atoms with van der Waals surface area (Å²) in [5.41, 5.74) is 4.05. The van der Waals surface area contributed by atoms with Gasteiger partial charge in [-0.15, -0.1) is 0 Å². The minimum Gasteiger partial charge on any atom is -0.454 e. The van der Waals surface area contributed by atoms with Gasteiger partial charge < -0.3 is 4.74 Å². The molecule has 0 saturated carbocycles. The Morgan fingerprint density at radius 3 is 1.29 bits per heavy atom. The van der Waals surface area contributed by atoms with Crippen LogP contribution in [-0.2, 0) is 0 Å². The van der Waals surface area contributed by atoms with E-state index in [2.05, 4.69) is 132 Å². The molecule has 0 saturated heterocycles. The van der Waals surface area contributed by atoms with Crippen LogP contribution in [0.1, 0.15) is 0 Å². The van der Waals surface area contributed by atoms with Crippen LogP contribution in [-0.4, -0.2) is 0 Å². The quantitative estimate of drug-likeness (QED) is 0.200. The molecule has 0 heterocycles. The molecule has 0 atom stereocenters. The second-order valence-electron chi connectivity index (χ2n) is 6.60. The SMILES string of the molecule is Brc1cccc(-c2ccc(Br)c(Br)c2Oc2c(-c3cccc(Br)c3)ccc(Br)c2Br)c1. The molecule has 0 radical (unpaired) electrons.